The zero-order valence-electron chi connectivity index (χ0n) is 14.9. The molecule has 1 aromatic heterocycles. The molecule has 6 heteroatoms. The molecule has 0 aliphatic rings. The van der Waals surface area contributed by atoms with Crippen molar-refractivity contribution in [3.8, 4) is 22.8 Å². The van der Waals surface area contributed by atoms with Gasteiger partial charge in [0.05, 0.1) is 20.8 Å². The third-order valence-corrected chi connectivity index (χ3v) is 3.90. The lowest BCUT2D eigenvalue weighted by atomic mass is 10.1. The lowest BCUT2D eigenvalue weighted by molar-refractivity contribution is 0.0946. The van der Waals surface area contributed by atoms with Gasteiger partial charge in [-0.15, -0.1) is 0 Å². The summed E-state index contributed by atoms with van der Waals surface area (Å²) in [7, 11) is 3.08. The Morgan fingerprint density at radius 2 is 1.73 bits per heavy atom. The Kier molecular flexibility index (Phi) is 5.22. The molecule has 0 aliphatic carbocycles. The fraction of sp³-hybridized carbons (Fsp3) is 0.200. The molecule has 0 atom stereocenters. The summed E-state index contributed by atoms with van der Waals surface area (Å²) in [5.74, 6) is 1.99. The summed E-state index contributed by atoms with van der Waals surface area (Å²) in [6, 6.07) is 14.8. The quantitative estimate of drug-likeness (QED) is 0.734. The largest absolute Gasteiger partial charge is 0.497 e. The second-order valence-corrected chi connectivity index (χ2v) is 5.66. The summed E-state index contributed by atoms with van der Waals surface area (Å²) in [6.07, 6.45) is 0. The molecule has 1 amide bonds. The maximum atomic E-state index is 12.4. The number of aromatic nitrogens is 1. The van der Waals surface area contributed by atoms with Gasteiger partial charge in [-0.3, -0.25) is 4.79 Å². The Labute approximate surface area is 151 Å². The van der Waals surface area contributed by atoms with Gasteiger partial charge in [-0.1, -0.05) is 30.3 Å². The molecule has 134 valence electrons. The number of methoxy groups -OCH3 is 2. The van der Waals surface area contributed by atoms with Gasteiger partial charge in [0.15, 0.2) is 0 Å². The van der Waals surface area contributed by atoms with Crippen molar-refractivity contribution in [1.29, 1.82) is 0 Å². The molecule has 0 saturated carbocycles. The third-order valence-electron chi connectivity index (χ3n) is 3.90. The van der Waals surface area contributed by atoms with Gasteiger partial charge in [0, 0.05) is 17.2 Å². The van der Waals surface area contributed by atoms with E-state index >= 15 is 0 Å². The molecule has 0 bridgehead atoms. The fourth-order valence-electron chi connectivity index (χ4n) is 2.59. The molecule has 3 aromatic rings. The number of nitrogens with one attached hydrogen (secondary N) is 1. The van der Waals surface area contributed by atoms with E-state index in [2.05, 4.69) is 10.3 Å². The number of benzene rings is 2. The van der Waals surface area contributed by atoms with Crippen molar-refractivity contribution in [2.75, 3.05) is 14.2 Å². The van der Waals surface area contributed by atoms with E-state index < -0.39 is 0 Å². The predicted molar refractivity (Wildman–Crippen MR) is 97.4 cm³/mol. The van der Waals surface area contributed by atoms with Crippen LogP contribution in [0.3, 0.4) is 0 Å². The van der Waals surface area contributed by atoms with Gasteiger partial charge in [-0.2, -0.15) is 0 Å². The first-order valence-corrected chi connectivity index (χ1v) is 8.13. The SMILES string of the molecule is COc1cc(OC)cc(C(=O)NCc2nc(-c3ccccc3)c(C)o2)c1. The molecule has 0 aliphatic heterocycles. The first-order valence-electron chi connectivity index (χ1n) is 8.13. The minimum atomic E-state index is -0.265. The van der Waals surface area contributed by atoms with Gasteiger partial charge in [-0.25, -0.2) is 4.98 Å². The van der Waals surface area contributed by atoms with Crippen molar-refractivity contribution >= 4 is 5.91 Å². The number of hydrogen-bond donors (Lipinski definition) is 1. The van der Waals surface area contributed by atoms with E-state index in [4.69, 9.17) is 13.9 Å². The molecule has 6 nitrogen and oxygen atoms in total. The van der Waals surface area contributed by atoms with E-state index in [1.165, 1.54) is 14.2 Å². The molecule has 0 spiro atoms. The molecule has 0 saturated heterocycles. The van der Waals surface area contributed by atoms with Crippen LogP contribution >= 0.6 is 0 Å². The van der Waals surface area contributed by atoms with E-state index in [9.17, 15) is 4.79 Å². The summed E-state index contributed by atoms with van der Waals surface area (Å²) in [5.41, 5.74) is 2.19. The summed E-state index contributed by atoms with van der Waals surface area (Å²) >= 11 is 0. The van der Waals surface area contributed by atoms with Crippen LogP contribution in [0.5, 0.6) is 11.5 Å². The van der Waals surface area contributed by atoms with Gasteiger partial charge in [0.25, 0.3) is 5.91 Å². The summed E-state index contributed by atoms with van der Waals surface area (Å²) in [5, 5.41) is 2.80. The van der Waals surface area contributed by atoms with Gasteiger partial charge in [-0.05, 0) is 19.1 Å². The van der Waals surface area contributed by atoms with Crippen molar-refractivity contribution in [2.45, 2.75) is 13.5 Å². The average Bonchev–Trinajstić information content (AvgIpc) is 3.06. The summed E-state index contributed by atoms with van der Waals surface area (Å²) in [4.78, 5) is 16.9. The van der Waals surface area contributed by atoms with Crippen LogP contribution in [0.1, 0.15) is 22.0 Å². The topological polar surface area (TPSA) is 73.6 Å². The van der Waals surface area contributed by atoms with Gasteiger partial charge in [0.1, 0.15) is 23.0 Å². The van der Waals surface area contributed by atoms with Crippen molar-refractivity contribution < 1.29 is 18.7 Å². The smallest absolute Gasteiger partial charge is 0.251 e. The Bertz CT molecular complexity index is 881. The number of carbonyl (C=O) groups excluding carboxylic acids is 1. The summed E-state index contributed by atoms with van der Waals surface area (Å²) in [6.45, 7) is 2.04. The molecule has 0 radical (unpaired) electrons. The van der Waals surface area contributed by atoms with Crippen LogP contribution in [-0.4, -0.2) is 25.1 Å². The minimum Gasteiger partial charge on any atom is -0.497 e. The zero-order valence-corrected chi connectivity index (χ0v) is 14.9. The number of amides is 1. The minimum absolute atomic E-state index is 0.187. The van der Waals surface area contributed by atoms with Crippen molar-refractivity contribution in [3.05, 3.63) is 65.7 Å². The monoisotopic (exact) mass is 352 g/mol. The maximum Gasteiger partial charge on any atom is 0.251 e. The molecule has 1 heterocycles. The number of carbonyl (C=O) groups is 1. The highest BCUT2D eigenvalue weighted by molar-refractivity contribution is 5.95. The first kappa shape index (κ1) is 17.5. The van der Waals surface area contributed by atoms with Gasteiger partial charge >= 0.3 is 0 Å². The average molecular weight is 352 g/mol. The summed E-state index contributed by atoms with van der Waals surface area (Å²) < 4.78 is 16.0. The number of rotatable bonds is 6. The molecule has 0 unspecified atom stereocenters. The molecular weight excluding hydrogens is 332 g/mol. The van der Waals surface area contributed by atoms with Crippen LogP contribution < -0.4 is 14.8 Å². The molecule has 3 rings (SSSR count). The van der Waals surface area contributed by atoms with E-state index in [-0.39, 0.29) is 12.5 Å². The highest BCUT2D eigenvalue weighted by atomic mass is 16.5. The molecule has 2 aromatic carbocycles. The molecule has 26 heavy (non-hydrogen) atoms. The van der Waals surface area contributed by atoms with E-state index in [1.54, 1.807) is 18.2 Å². The number of oxazole rings is 1. The Morgan fingerprint density at radius 3 is 2.35 bits per heavy atom. The van der Waals surface area contributed by atoms with Crippen molar-refractivity contribution in [1.82, 2.24) is 10.3 Å². The fourth-order valence-corrected chi connectivity index (χ4v) is 2.59. The third kappa shape index (κ3) is 3.85. The van der Waals surface area contributed by atoms with E-state index in [0.717, 1.165) is 11.3 Å². The predicted octanol–water partition coefficient (Wildman–Crippen LogP) is 3.60. The first-order chi connectivity index (χ1) is 12.6. The normalized spacial score (nSPS) is 10.4. The second kappa shape index (κ2) is 7.74. The molecule has 1 N–H and O–H groups in total. The zero-order chi connectivity index (χ0) is 18.5. The van der Waals surface area contributed by atoms with Crippen LogP contribution in [0.15, 0.2) is 52.9 Å². The van der Waals surface area contributed by atoms with E-state index in [0.29, 0.717) is 28.7 Å². The number of ether oxygens (including phenoxy) is 2. The van der Waals surface area contributed by atoms with Crippen LogP contribution in [0.25, 0.3) is 11.3 Å². The Morgan fingerprint density at radius 1 is 1.08 bits per heavy atom. The van der Waals surface area contributed by atoms with Crippen LogP contribution in [0.4, 0.5) is 0 Å². The lowest BCUT2D eigenvalue weighted by Crippen LogP contribution is -2.23. The van der Waals surface area contributed by atoms with Gasteiger partial charge in [0.2, 0.25) is 5.89 Å². The highest BCUT2D eigenvalue weighted by Crippen LogP contribution is 2.24. The Balaban J connectivity index is 1.72. The van der Waals surface area contributed by atoms with Crippen LogP contribution in [0.2, 0.25) is 0 Å². The van der Waals surface area contributed by atoms with Crippen LogP contribution in [-0.2, 0) is 6.54 Å². The number of aryl methyl sites for hydroxylation is 1. The standard InChI is InChI=1S/C20H20N2O4/c1-13-19(14-7-5-4-6-8-14)22-18(26-13)12-21-20(23)15-9-16(24-2)11-17(10-15)25-3/h4-11H,12H2,1-3H3,(H,21,23). The molecule has 0 fully saturated rings. The van der Waals surface area contributed by atoms with Crippen molar-refractivity contribution in [3.63, 3.8) is 0 Å². The van der Waals surface area contributed by atoms with Gasteiger partial charge < -0.3 is 19.2 Å². The lowest BCUT2D eigenvalue weighted by Gasteiger charge is -2.08. The number of nitrogens with zero attached hydrogens (tertiary/aromatic N) is 1. The molecular formula is C20H20N2O4. The van der Waals surface area contributed by atoms with Crippen molar-refractivity contribution in [2.24, 2.45) is 0 Å². The number of hydrogen-bond acceptors (Lipinski definition) is 5. The highest BCUT2D eigenvalue weighted by Gasteiger charge is 2.14. The second-order valence-electron chi connectivity index (χ2n) is 5.66. The van der Waals surface area contributed by atoms with Crippen LogP contribution in [0, 0.1) is 6.92 Å². The Hall–Kier alpha value is -3.28. The van der Waals surface area contributed by atoms with E-state index in [1.807, 2.05) is 37.3 Å². The maximum absolute atomic E-state index is 12.4.